The van der Waals surface area contributed by atoms with E-state index >= 15 is 0 Å². The van der Waals surface area contributed by atoms with Crippen molar-refractivity contribution in [2.24, 2.45) is 0 Å². The van der Waals surface area contributed by atoms with Crippen molar-refractivity contribution in [3.05, 3.63) is 42.1 Å². The lowest BCUT2D eigenvalue weighted by molar-refractivity contribution is 0.411. The Labute approximate surface area is 95.1 Å². The number of ether oxygens (including phenoxy) is 1. The molecule has 1 heterocycles. The fourth-order valence-corrected chi connectivity index (χ4v) is 1.75. The molecule has 1 aromatic heterocycles. The second-order valence-corrected chi connectivity index (χ2v) is 3.46. The molecule has 0 aliphatic carbocycles. The third-order valence-corrected chi connectivity index (χ3v) is 2.53. The van der Waals surface area contributed by atoms with Crippen LogP contribution >= 0.6 is 0 Å². The third-order valence-electron chi connectivity index (χ3n) is 2.53. The zero-order valence-electron chi connectivity index (χ0n) is 9.47. The number of benzene rings is 1. The fourth-order valence-electron chi connectivity index (χ4n) is 1.75. The van der Waals surface area contributed by atoms with E-state index in [9.17, 15) is 0 Å². The molecule has 1 aromatic carbocycles. The highest BCUT2D eigenvalue weighted by Crippen LogP contribution is 2.31. The highest BCUT2D eigenvalue weighted by atomic mass is 16.5. The molecule has 0 amide bonds. The standard InChI is InChI=1S/C13H14N2O/c1-3-10-6-4-7-11(13(10)16-2)12-8-5-9-14-15-12/h4-9H,3H2,1-2H3. The number of para-hydroxylation sites is 1. The summed E-state index contributed by atoms with van der Waals surface area (Å²) >= 11 is 0. The molecule has 0 saturated carbocycles. The lowest BCUT2D eigenvalue weighted by Gasteiger charge is -2.11. The van der Waals surface area contributed by atoms with Crippen molar-refractivity contribution in [3.8, 4) is 17.0 Å². The molecule has 3 nitrogen and oxygen atoms in total. The summed E-state index contributed by atoms with van der Waals surface area (Å²) in [5.74, 6) is 0.894. The van der Waals surface area contributed by atoms with Gasteiger partial charge in [-0.05, 0) is 30.2 Å². The van der Waals surface area contributed by atoms with Crippen LogP contribution in [-0.2, 0) is 6.42 Å². The summed E-state index contributed by atoms with van der Waals surface area (Å²) in [7, 11) is 1.69. The molecule has 0 N–H and O–H groups in total. The van der Waals surface area contributed by atoms with Crippen LogP contribution in [0.25, 0.3) is 11.3 Å². The van der Waals surface area contributed by atoms with Crippen LogP contribution in [0.5, 0.6) is 5.75 Å². The Bertz CT molecular complexity index is 469. The molecule has 0 bridgehead atoms. The van der Waals surface area contributed by atoms with Gasteiger partial charge in [-0.1, -0.05) is 19.1 Å². The number of hydrogen-bond donors (Lipinski definition) is 0. The zero-order chi connectivity index (χ0) is 11.4. The highest BCUT2D eigenvalue weighted by Gasteiger charge is 2.10. The number of aromatic nitrogens is 2. The number of hydrogen-bond acceptors (Lipinski definition) is 3. The first-order chi connectivity index (χ1) is 7.86. The van der Waals surface area contributed by atoms with Gasteiger partial charge in [0.1, 0.15) is 5.75 Å². The second kappa shape index (κ2) is 4.75. The van der Waals surface area contributed by atoms with Crippen molar-refractivity contribution < 1.29 is 4.74 Å². The van der Waals surface area contributed by atoms with Gasteiger partial charge in [0.25, 0.3) is 0 Å². The normalized spacial score (nSPS) is 10.1. The van der Waals surface area contributed by atoms with Crippen LogP contribution in [0.3, 0.4) is 0 Å². The third kappa shape index (κ3) is 1.89. The van der Waals surface area contributed by atoms with Crippen LogP contribution in [0.4, 0.5) is 0 Å². The Hall–Kier alpha value is -1.90. The van der Waals surface area contributed by atoms with Crippen molar-refractivity contribution in [3.63, 3.8) is 0 Å². The fraction of sp³-hybridized carbons (Fsp3) is 0.231. The average molecular weight is 214 g/mol. The van der Waals surface area contributed by atoms with Crippen LogP contribution in [-0.4, -0.2) is 17.3 Å². The summed E-state index contributed by atoms with van der Waals surface area (Å²) in [4.78, 5) is 0. The smallest absolute Gasteiger partial charge is 0.131 e. The molecule has 2 rings (SSSR count). The SMILES string of the molecule is CCc1cccc(-c2cccnn2)c1OC. The maximum Gasteiger partial charge on any atom is 0.131 e. The largest absolute Gasteiger partial charge is 0.496 e. The predicted molar refractivity (Wildman–Crippen MR) is 63.4 cm³/mol. The van der Waals surface area contributed by atoms with Gasteiger partial charge in [-0.25, -0.2) is 0 Å². The van der Waals surface area contributed by atoms with E-state index in [0.717, 1.165) is 23.4 Å². The Morgan fingerprint density at radius 3 is 2.69 bits per heavy atom. The molecule has 0 atom stereocenters. The number of methoxy groups -OCH3 is 1. The van der Waals surface area contributed by atoms with Crippen molar-refractivity contribution in [1.82, 2.24) is 10.2 Å². The van der Waals surface area contributed by atoms with Gasteiger partial charge >= 0.3 is 0 Å². The molecular formula is C13H14N2O. The van der Waals surface area contributed by atoms with Crippen LogP contribution in [0.1, 0.15) is 12.5 Å². The summed E-state index contributed by atoms with van der Waals surface area (Å²) in [5.41, 5.74) is 3.02. The molecule has 0 saturated heterocycles. The topological polar surface area (TPSA) is 35.0 Å². The predicted octanol–water partition coefficient (Wildman–Crippen LogP) is 2.71. The summed E-state index contributed by atoms with van der Waals surface area (Å²) in [6, 6.07) is 9.90. The van der Waals surface area contributed by atoms with Crippen molar-refractivity contribution in [1.29, 1.82) is 0 Å². The maximum atomic E-state index is 5.45. The van der Waals surface area contributed by atoms with Crippen LogP contribution < -0.4 is 4.74 Å². The first kappa shape index (κ1) is 10.6. The molecule has 82 valence electrons. The van der Waals surface area contributed by atoms with E-state index in [0.29, 0.717) is 0 Å². The van der Waals surface area contributed by atoms with Gasteiger partial charge in [-0.15, -0.1) is 0 Å². The molecule has 0 unspecified atom stereocenters. The molecule has 2 aromatic rings. The summed E-state index contributed by atoms with van der Waals surface area (Å²) in [6.07, 6.45) is 2.61. The molecule has 16 heavy (non-hydrogen) atoms. The highest BCUT2D eigenvalue weighted by molar-refractivity contribution is 5.68. The summed E-state index contributed by atoms with van der Waals surface area (Å²) in [6.45, 7) is 2.11. The minimum Gasteiger partial charge on any atom is -0.496 e. The molecule has 0 fully saturated rings. The minimum atomic E-state index is 0.842. The van der Waals surface area contributed by atoms with E-state index < -0.39 is 0 Å². The zero-order valence-corrected chi connectivity index (χ0v) is 9.47. The monoisotopic (exact) mass is 214 g/mol. The minimum absolute atomic E-state index is 0.842. The summed E-state index contributed by atoms with van der Waals surface area (Å²) < 4.78 is 5.45. The summed E-state index contributed by atoms with van der Waals surface area (Å²) in [5, 5.41) is 7.99. The number of aryl methyl sites for hydroxylation is 1. The van der Waals surface area contributed by atoms with Gasteiger partial charge in [0, 0.05) is 11.8 Å². The second-order valence-electron chi connectivity index (χ2n) is 3.46. The van der Waals surface area contributed by atoms with Gasteiger partial charge in [0.2, 0.25) is 0 Å². The molecule has 3 heteroatoms. The van der Waals surface area contributed by atoms with Crippen LogP contribution in [0.15, 0.2) is 36.5 Å². The van der Waals surface area contributed by atoms with Gasteiger partial charge in [-0.2, -0.15) is 10.2 Å². The molecule has 0 aliphatic heterocycles. The van der Waals surface area contributed by atoms with Crippen molar-refractivity contribution in [2.45, 2.75) is 13.3 Å². The van der Waals surface area contributed by atoms with Crippen LogP contribution in [0, 0.1) is 0 Å². The lowest BCUT2D eigenvalue weighted by atomic mass is 10.0. The first-order valence-electron chi connectivity index (χ1n) is 5.30. The Morgan fingerprint density at radius 2 is 2.06 bits per heavy atom. The van der Waals surface area contributed by atoms with Gasteiger partial charge < -0.3 is 4.74 Å². The molecule has 0 aliphatic rings. The molecule has 0 radical (unpaired) electrons. The maximum absolute atomic E-state index is 5.45. The van der Waals surface area contributed by atoms with Crippen molar-refractivity contribution in [2.75, 3.05) is 7.11 Å². The molecule has 0 spiro atoms. The van der Waals surface area contributed by atoms with Gasteiger partial charge in [0.15, 0.2) is 0 Å². The van der Waals surface area contributed by atoms with Gasteiger partial charge in [-0.3, -0.25) is 0 Å². The van der Waals surface area contributed by atoms with Crippen LogP contribution in [0.2, 0.25) is 0 Å². The van der Waals surface area contributed by atoms with E-state index in [1.54, 1.807) is 13.3 Å². The quantitative estimate of drug-likeness (QED) is 0.788. The Balaban J connectivity index is 2.57. The van der Waals surface area contributed by atoms with Gasteiger partial charge in [0.05, 0.1) is 12.8 Å². The average Bonchev–Trinajstić information content (AvgIpc) is 2.38. The van der Waals surface area contributed by atoms with E-state index in [1.165, 1.54) is 5.56 Å². The van der Waals surface area contributed by atoms with E-state index in [4.69, 9.17) is 4.74 Å². The Kier molecular flexibility index (Phi) is 3.15. The first-order valence-corrected chi connectivity index (χ1v) is 5.30. The molecular weight excluding hydrogens is 200 g/mol. The van der Waals surface area contributed by atoms with E-state index in [-0.39, 0.29) is 0 Å². The number of rotatable bonds is 3. The van der Waals surface area contributed by atoms with E-state index in [1.807, 2.05) is 24.3 Å². The van der Waals surface area contributed by atoms with Crippen molar-refractivity contribution >= 4 is 0 Å². The number of nitrogens with zero attached hydrogens (tertiary/aromatic N) is 2. The lowest BCUT2D eigenvalue weighted by Crippen LogP contribution is -1.95. The van der Waals surface area contributed by atoms with E-state index in [2.05, 4.69) is 23.2 Å². The Morgan fingerprint density at radius 1 is 1.19 bits per heavy atom.